The van der Waals surface area contributed by atoms with Crippen LogP contribution in [0.25, 0.3) is 0 Å². The minimum atomic E-state index is -1.37. The van der Waals surface area contributed by atoms with Crippen LogP contribution in [-0.4, -0.2) is 55.7 Å². The minimum absolute atomic E-state index is 0.129. The molecule has 0 unspecified atom stereocenters. The van der Waals surface area contributed by atoms with E-state index in [0.29, 0.717) is 6.42 Å². The summed E-state index contributed by atoms with van der Waals surface area (Å²) in [4.78, 5) is 28.1. The molecule has 0 radical (unpaired) electrons. The van der Waals surface area contributed by atoms with Crippen LogP contribution in [0, 0.1) is 0 Å². The highest BCUT2D eigenvalue weighted by molar-refractivity contribution is 5.89. The summed E-state index contributed by atoms with van der Waals surface area (Å²) in [6.45, 7) is 1.72. The Kier molecular flexibility index (Phi) is 10.4. The Morgan fingerprint density at radius 3 is 2.30 bits per heavy atom. The smallest absolute Gasteiger partial charge is 0.351 e. The molecule has 0 aromatic carbocycles. The molecule has 2 heterocycles. The van der Waals surface area contributed by atoms with Crippen LogP contribution >= 0.6 is 0 Å². The first-order valence-corrected chi connectivity index (χ1v) is 11.0. The molecule has 1 aliphatic heterocycles. The lowest BCUT2D eigenvalue weighted by Gasteiger charge is -2.17. The van der Waals surface area contributed by atoms with Gasteiger partial charge >= 0.3 is 5.69 Å². The molecule has 1 aliphatic rings. The highest BCUT2D eigenvalue weighted by Gasteiger charge is 2.43. The number of rotatable bonds is 13. The number of hydrogen-bond acceptors (Lipinski definition) is 7. The molecule has 30 heavy (non-hydrogen) atoms. The number of ether oxygens (including phenoxy) is 1. The molecule has 0 saturated carbocycles. The van der Waals surface area contributed by atoms with E-state index in [1.807, 2.05) is 0 Å². The topological polar surface area (TPSA) is 134 Å². The van der Waals surface area contributed by atoms with E-state index in [2.05, 4.69) is 17.2 Å². The molecule has 9 heteroatoms. The molecular formula is C21H35N3O6. The molecular weight excluding hydrogens is 390 g/mol. The second kappa shape index (κ2) is 12.8. The highest BCUT2D eigenvalue weighted by Crippen LogP contribution is 2.28. The number of nitrogens with one attached hydrogen (secondary N) is 1. The van der Waals surface area contributed by atoms with Crippen LogP contribution in [0.1, 0.15) is 77.4 Å². The van der Waals surface area contributed by atoms with Gasteiger partial charge in [0, 0.05) is 12.6 Å². The molecule has 1 saturated heterocycles. The van der Waals surface area contributed by atoms with E-state index in [4.69, 9.17) is 9.84 Å². The maximum absolute atomic E-state index is 12.2. The van der Waals surface area contributed by atoms with E-state index >= 15 is 0 Å². The SMILES string of the molecule is CCCCCCCCCCCC(=O)Nc1ccn([C@@H]2O[C@H](CO)[C@@H](O)[C@@H]2O)c(=O)n1. The average molecular weight is 426 g/mol. The number of aliphatic hydroxyl groups excluding tert-OH is 3. The Morgan fingerprint density at radius 2 is 1.73 bits per heavy atom. The van der Waals surface area contributed by atoms with Gasteiger partial charge in [-0.25, -0.2) is 4.79 Å². The first-order valence-electron chi connectivity index (χ1n) is 11.0. The van der Waals surface area contributed by atoms with Crippen LogP contribution in [0.4, 0.5) is 5.82 Å². The number of nitrogens with zero attached hydrogens (tertiary/aromatic N) is 2. The van der Waals surface area contributed by atoms with E-state index < -0.39 is 36.8 Å². The predicted molar refractivity (Wildman–Crippen MR) is 112 cm³/mol. The van der Waals surface area contributed by atoms with Gasteiger partial charge in [-0.2, -0.15) is 4.98 Å². The highest BCUT2D eigenvalue weighted by atomic mass is 16.6. The lowest BCUT2D eigenvalue weighted by molar-refractivity contribution is -0.116. The van der Waals surface area contributed by atoms with E-state index in [1.54, 1.807) is 0 Å². The normalized spacial score (nSPS) is 23.6. The molecule has 4 N–H and O–H groups in total. The maximum Gasteiger partial charge on any atom is 0.351 e. The Labute approximate surface area is 177 Å². The minimum Gasteiger partial charge on any atom is -0.394 e. The number of anilines is 1. The Bertz CT molecular complexity index is 710. The zero-order chi connectivity index (χ0) is 21.9. The van der Waals surface area contributed by atoms with Crippen molar-refractivity contribution in [1.29, 1.82) is 0 Å². The lowest BCUT2D eigenvalue weighted by atomic mass is 10.1. The molecule has 170 valence electrons. The van der Waals surface area contributed by atoms with Crippen LogP contribution in [0.15, 0.2) is 17.1 Å². The van der Waals surface area contributed by atoms with Gasteiger partial charge in [-0.3, -0.25) is 9.36 Å². The first-order chi connectivity index (χ1) is 14.5. The number of amides is 1. The van der Waals surface area contributed by atoms with Crippen LogP contribution in [0.2, 0.25) is 0 Å². The third-order valence-electron chi connectivity index (χ3n) is 5.40. The van der Waals surface area contributed by atoms with Gasteiger partial charge < -0.3 is 25.4 Å². The van der Waals surface area contributed by atoms with Crippen molar-refractivity contribution in [2.75, 3.05) is 11.9 Å². The van der Waals surface area contributed by atoms with Crippen molar-refractivity contribution in [3.05, 3.63) is 22.7 Å². The van der Waals surface area contributed by atoms with Crippen LogP contribution in [0.5, 0.6) is 0 Å². The van der Waals surface area contributed by atoms with Crippen LogP contribution in [0.3, 0.4) is 0 Å². The molecule has 1 fully saturated rings. The third kappa shape index (κ3) is 7.16. The summed E-state index contributed by atoms with van der Waals surface area (Å²) in [5.41, 5.74) is -0.731. The van der Waals surface area contributed by atoms with E-state index in [-0.39, 0.29) is 11.7 Å². The molecule has 1 amide bonds. The summed E-state index contributed by atoms with van der Waals surface area (Å²) >= 11 is 0. The van der Waals surface area contributed by atoms with Crippen molar-refractivity contribution < 1.29 is 24.9 Å². The fourth-order valence-electron chi connectivity index (χ4n) is 3.59. The summed E-state index contributed by atoms with van der Waals surface area (Å²) < 4.78 is 6.35. The van der Waals surface area contributed by atoms with Crippen molar-refractivity contribution in [1.82, 2.24) is 9.55 Å². The van der Waals surface area contributed by atoms with E-state index in [1.165, 1.54) is 50.8 Å². The summed E-state index contributed by atoms with van der Waals surface area (Å²) in [6.07, 6.45) is 7.43. The molecule has 0 spiro atoms. The van der Waals surface area contributed by atoms with Gasteiger partial charge in [-0.1, -0.05) is 58.3 Å². The lowest BCUT2D eigenvalue weighted by Crippen LogP contribution is -2.36. The molecule has 0 aliphatic carbocycles. The summed E-state index contributed by atoms with van der Waals surface area (Å²) in [5, 5.41) is 31.6. The second-order valence-corrected chi connectivity index (χ2v) is 7.86. The Morgan fingerprint density at radius 1 is 1.10 bits per heavy atom. The Hall–Kier alpha value is -1.81. The standard InChI is InChI=1S/C21H35N3O6/c1-2-3-4-5-6-7-8-9-10-11-17(26)22-16-12-13-24(21(29)23-16)20-19(28)18(27)15(14-25)30-20/h12-13,15,18-20,25,27-28H,2-11,14H2,1H3,(H,22,23,26,29)/t15-,18-,19+,20-/m1/s1. The largest absolute Gasteiger partial charge is 0.394 e. The molecule has 2 rings (SSSR count). The van der Waals surface area contributed by atoms with Gasteiger partial charge in [0.2, 0.25) is 5.91 Å². The van der Waals surface area contributed by atoms with E-state index in [0.717, 1.165) is 23.8 Å². The second-order valence-electron chi connectivity index (χ2n) is 7.86. The molecule has 1 aromatic rings. The molecule has 0 bridgehead atoms. The van der Waals surface area contributed by atoms with E-state index in [9.17, 15) is 19.8 Å². The zero-order valence-corrected chi connectivity index (χ0v) is 17.7. The summed E-state index contributed by atoms with van der Waals surface area (Å²) in [5.74, 6) is -0.0700. The van der Waals surface area contributed by atoms with Gasteiger partial charge in [0.1, 0.15) is 24.1 Å². The summed E-state index contributed by atoms with van der Waals surface area (Å²) in [7, 11) is 0. The van der Waals surface area contributed by atoms with Gasteiger partial charge in [0.25, 0.3) is 0 Å². The van der Waals surface area contributed by atoms with Crippen molar-refractivity contribution in [2.24, 2.45) is 0 Å². The third-order valence-corrected chi connectivity index (χ3v) is 5.40. The van der Waals surface area contributed by atoms with Crippen molar-refractivity contribution in [3.8, 4) is 0 Å². The summed E-state index contributed by atoms with van der Waals surface area (Å²) in [6, 6.07) is 1.43. The number of unbranched alkanes of at least 4 members (excludes halogenated alkanes) is 8. The van der Waals surface area contributed by atoms with Crippen LogP contribution in [-0.2, 0) is 9.53 Å². The fourth-order valence-corrected chi connectivity index (χ4v) is 3.59. The van der Waals surface area contributed by atoms with Crippen LogP contribution < -0.4 is 11.0 Å². The monoisotopic (exact) mass is 425 g/mol. The van der Waals surface area contributed by atoms with Crippen molar-refractivity contribution in [3.63, 3.8) is 0 Å². The molecule has 9 nitrogen and oxygen atoms in total. The Balaban J connectivity index is 1.73. The first kappa shape index (κ1) is 24.5. The number of aliphatic hydroxyl groups is 3. The number of carbonyl (C=O) groups is 1. The van der Waals surface area contributed by atoms with Gasteiger partial charge in [0.15, 0.2) is 6.23 Å². The zero-order valence-electron chi connectivity index (χ0n) is 17.7. The van der Waals surface area contributed by atoms with Crippen molar-refractivity contribution in [2.45, 2.75) is 95.7 Å². The number of carbonyl (C=O) groups excluding carboxylic acids is 1. The quantitative estimate of drug-likeness (QED) is 0.354. The molecule has 4 atom stereocenters. The van der Waals surface area contributed by atoms with Gasteiger partial charge in [-0.05, 0) is 12.5 Å². The predicted octanol–water partition coefficient (Wildman–Crippen LogP) is 1.71. The number of hydrogen-bond donors (Lipinski definition) is 4. The number of aromatic nitrogens is 2. The molecule has 1 aromatic heterocycles. The van der Waals surface area contributed by atoms with Crippen molar-refractivity contribution >= 4 is 11.7 Å². The fraction of sp³-hybridized carbons (Fsp3) is 0.762. The van der Waals surface area contributed by atoms with Gasteiger partial charge in [0.05, 0.1) is 6.61 Å². The van der Waals surface area contributed by atoms with Gasteiger partial charge in [-0.15, -0.1) is 0 Å². The maximum atomic E-state index is 12.2. The average Bonchev–Trinajstić information content (AvgIpc) is 3.01.